The van der Waals surface area contributed by atoms with E-state index in [1.807, 2.05) is 36.5 Å². The molecular formula is C22H25N7OS2. The number of thiophene rings is 1. The minimum absolute atomic E-state index is 0.580. The first-order valence-electron chi connectivity index (χ1n) is 10.5. The number of likely N-dealkylation sites (N-methyl/N-ethyl adjacent to an activating group) is 1. The molecule has 1 saturated heterocycles. The minimum atomic E-state index is -0.580. The van der Waals surface area contributed by atoms with Crippen molar-refractivity contribution in [3.05, 3.63) is 53.5 Å². The number of ether oxygens (including phenoxy) is 1. The number of thiazole rings is 1. The Morgan fingerprint density at radius 3 is 2.66 bits per heavy atom. The zero-order valence-electron chi connectivity index (χ0n) is 18.0. The maximum atomic E-state index is 6.11. The average molecular weight is 468 g/mol. The van der Waals surface area contributed by atoms with Crippen LogP contribution in [0.15, 0.2) is 58.0 Å². The van der Waals surface area contributed by atoms with Crippen LogP contribution < -0.4 is 15.4 Å². The fourth-order valence-corrected chi connectivity index (χ4v) is 5.04. The molecule has 0 radical (unpaired) electrons. The van der Waals surface area contributed by atoms with Crippen LogP contribution in [0.1, 0.15) is 5.56 Å². The van der Waals surface area contributed by atoms with Crippen molar-refractivity contribution in [1.82, 2.24) is 20.1 Å². The van der Waals surface area contributed by atoms with Gasteiger partial charge >= 0.3 is 0 Å². The highest BCUT2D eigenvalue weighted by atomic mass is 32.1. The van der Waals surface area contributed by atoms with E-state index in [0.717, 1.165) is 41.9 Å². The summed E-state index contributed by atoms with van der Waals surface area (Å²) in [5, 5.41) is 9.41. The molecule has 0 aliphatic carbocycles. The number of aryl methyl sites for hydroxylation is 1. The summed E-state index contributed by atoms with van der Waals surface area (Å²) in [5.74, 6) is 2.01. The molecule has 0 amide bonds. The van der Waals surface area contributed by atoms with E-state index in [2.05, 4.69) is 50.8 Å². The monoisotopic (exact) mass is 467 g/mol. The van der Waals surface area contributed by atoms with Crippen LogP contribution in [-0.4, -0.2) is 66.3 Å². The average Bonchev–Trinajstić information content (AvgIpc) is 3.48. The number of hydrogen-bond donors (Lipinski definition) is 2. The number of guanidine groups is 2. The number of rotatable bonds is 4. The van der Waals surface area contributed by atoms with Gasteiger partial charge in [0.25, 0.3) is 6.35 Å². The molecule has 32 heavy (non-hydrogen) atoms. The van der Waals surface area contributed by atoms with Gasteiger partial charge in [-0.2, -0.15) is 9.98 Å². The van der Waals surface area contributed by atoms with Gasteiger partial charge in [0.2, 0.25) is 11.9 Å². The molecule has 3 aromatic rings. The fraction of sp³-hybridized carbons (Fsp3) is 0.318. The number of benzene rings is 1. The first kappa shape index (κ1) is 20.9. The lowest BCUT2D eigenvalue weighted by Gasteiger charge is -2.35. The summed E-state index contributed by atoms with van der Waals surface area (Å²) in [4.78, 5) is 20.8. The number of piperazine rings is 1. The summed E-state index contributed by atoms with van der Waals surface area (Å²) in [6.07, 6.45) is 1.31. The molecule has 5 rings (SSSR count). The van der Waals surface area contributed by atoms with Gasteiger partial charge in [-0.25, -0.2) is 4.98 Å². The molecule has 0 bridgehead atoms. The van der Waals surface area contributed by atoms with Gasteiger partial charge in [-0.3, -0.25) is 0 Å². The Kier molecular flexibility index (Phi) is 6.06. The molecule has 1 atom stereocenters. The molecule has 2 aromatic heterocycles. The lowest BCUT2D eigenvalue weighted by Crippen LogP contribution is -2.52. The Morgan fingerprint density at radius 1 is 1.09 bits per heavy atom. The first-order chi connectivity index (χ1) is 15.6. The number of nitrogens with one attached hydrogen (secondary N) is 2. The van der Waals surface area contributed by atoms with E-state index in [4.69, 9.17) is 14.7 Å². The lowest BCUT2D eigenvalue weighted by atomic mass is 10.2. The quantitative estimate of drug-likeness (QED) is 0.612. The Bertz CT molecular complexity index is 1100. The number of aliphatic imine (C=N–C) groups is 2. The van der Waals surface area contributed by atoms with E-state index in [9.17, 15) is 0 Å². The molecule has 2 aliphatic rings. The molecule has 1 fully saturated rings. The van der Waals surface area contributed by atoms with E-state index in [0.29, 0.717) is 11.9 Å². The van der Waals surface area contributed by atoms with Crippen molar-refractivity contribution in [3.63, 3.8) is 0 Å². The lowest BCUT2D eigenvalue weighted by molar-refractivity contribution is 0.183. The SMILES string of the molecule is Cc1ccc(OC2N=C(N3CCN(C)CC3)N=C(Nc3ncc(-c4cccs4)s3)N2)cc1. The Morgan fingerprint density at radius 2 is 1.91 bits per heavy atom. The highest BCUT2D eigenvalue weighted by Gasteiger charge is 2.25. The topological polar surface area (TPSA) is 77.4 Å². The van der Waals surface area contributed by atoms with E-state index in [1.165, 1.54) is 10.4 Å². The summed E-state index contributed by atoms with van der Waals surface area (Å²) in [6.45, 7) is 5.77. The second-order valence-corrected chi connectivity index (χ2v) is 9.72. The largest absolute Gasteiger partial charge is 0.450 e. The summed E-state index contributed by atoms with van der Waals surface area (Å²) in [5.41, 5.74) is 1.19. The predicted octanol–water partition coefficient (Wildman–Crippen LogP) is 3.52. The normalized spacial score (nSPS) is 19.2. The van der Waals surface area contributed by atoms with Crippen LogP contribution in [0.2, 0.25) is 0 Å². The van der Waals surface area contributed by atoms with E-state index in [1.54, 1.807) is 22.7 Å². The van der Waals surface area contributed by atoms with Crippen molar-refractivity contribution in [3.8, 4) is 15.5 Å². The maximum absolute atomic E-state index is 6.11. The summed E-state index contributed by atoms with van der Waals surface area (Å²) in [7, 11) is 2.13. The molecule has 2 aliphatic heterocycles. The molecule has 4 heterocycles. The second kappa shape index (κ2) is 9.27. The first-order valence-corrected chi connectivity index (χ1v) is 12.2. The van der Waals surface area contributed by atoms with Gasteiger partial charge in [-0.05, 0) is 37.6 Å². The van der Waals surface area contributed by atoms with Crippen LogP contribution in [0.4, 0.5) is 5.13 Å². The molecule has 0 spiro atoms. The van der Waals surface area contributed by atoms with Crippen molar-refractivity contribution in [2.24, 2.45) is 9.98 Å². The van der Waals surface area contributed by atoms with E-state index in [-0.39, 0.29) is 0 Å². The number of aromatic nitrogens is 1. The highest BCUT2D eigenvalue weighted by molar-refractivity contribution is 7.23. The Hall–Kier alpha value is -2.95. The van der Waals surface area contributed by atoms with Gasteiger partial charge in [0, 0.05) is 37.3 Å². The number of nitrogens with zero attached hydrogens (tertiary/aromatic N) is 5. The van der Waals surface area contributed by atoms with Gasteiger partial charge in [-0.1, -0.05) is 35.1 Å². The third-order valence-corrected chi connectivity index (χ3v) is 7.23. The number of hydrogen-bond acceptors (Lipinski definition) is 10. The van der Waals surface area contributed by atoms with Crippen molar-refractivity contribution < 1.29 is 4.74 Å². The van der Waals surface area contributed by atoms with Crippen molar-refractivity contribution in [2.75, 3.05) is 38.5 Å². The van der Waals surface area contributed by atoms with Gasteiger partial charge in [-0.15, -0.1) is 11.3 Å². The summed E-state index contributed by atoms with van der Waals surface area (Å²) in [6, 6.07) is 12.1. The van der Waals surface area contributed by atoms with Gasteiger partial charge in [0.05, 0.1) is 4.88 Å². The zero-order valence-corrected chi connectivity index (χ0v) is 19.6. The third-order valence-electron chi connectivity index (χ3n) is 5.25. The second-order valence-electron chi connectivity index (χ2n) is 7.74. The van der Waals surface area contributed by atoms with Crippen LogP contribution >= 0.6 is 22.7 Å². The van der Waals surface area contributed by atoms with Crippen LogP contribution in [0.25, 0.3) is 9.75 Å². The zero-order chi connectivity index (χ0) is 21.9. The number of anilines is 1. The van der Waals surface area contributed by atoms with Gasteiger partial charge in [0.15, 0.2) is 5.13 Å². The molecule has 10 heteroatoms. The van der Waals surface area contributed by atoms with Crippen LogP contribution in [0.3, 0.4) is 0 Å². The van der Waals surface area contributed by atoms with Gasteiger partial charge in [0.1, 0.15) is 5.75 Å². The predicted molar refractivity (Wildman–Crippen MR) is 132 cm³/mol. The van der Waals surface area contributed by atoms with Crippen molar-refractivity contribution in [2.45, 2.75) is 13.3 Å². The summed E-state index contributed by atoms with van der Waals surface area (Å²) >= 11 is 3.30. The van der Waals surface area contributed by atoms with E-state index >= 15 is 0 Å². The van der Waals surface area contributed by atoms with E-state index < -0.39 is 6.35 Å². The molecule has 166 valence electrons. The molecule has 2 N–H and O–H groups in total. The van der Waals surface area contributed by atoms with Crippen molar-refractivity contribution in [1.29, 1.82) is 0 Å². The third kappa shape index (κ3) is 4.93. The maximum Gasteiger partial charge on any atom is 0.273 e. The Labute approximate surface area is 195 Å². The van der Waals surface area contributed by atoms with Crippen LogP contribution in [-0.2, 0) is 0 Å². The standard InChI is InChI=1S/C22H25N7OS2/c1-15-5-7-16(8-6-15)30-21-25-19(24-20(27-21)29-11-9-28(2)10-12-29)26-22-23-14-18(32-22)17-4-3-13-31-17/h3-8,13-14,21H,9-12H2,1-2H3,(H2,23,24,25,26,27). The minimum Gasteiger partial charge on any atom is -0.450 e. The molecule has 8 nitrogen and oxygen atoms in total. The fourth-order valence-electron chi connectivity index (χ4n) is 3.41. The smallest absolute Gasteiger partial charge is 0.273 e. The molecule has 1 unspecified atom stereocenters. The van der Waals surface area contributed by atoms with Crippen LogP contribution in [0, 0.1) is 6.92 Å². The van der Waals surface area contributed by atoms with Crippen LogP contribution in [0.5, 0.6) is 5.75 Å². The highest BCUT2D eigenvalue weighted by Crippen LogP contribution is 2.32. The Balaban J connectivity index is 1.35. The molecule has 1 aromatic carbocycles. The van der Waals surface area contributed by atoms with Crippen molar-refractivity contribution >= 4 is 39.7 Å². The summed E-state index contributed by atoms with van der Waals surface area (Å²) < 4.78 is 6.11. The van der Waals surface area contributed by atoms with Gasteiger partial charge < -0.3 is 25.2 Å². The molecular weight excluding hydrogens is 442 g/mol. The molecule has 0 saturated carbocycles.